The number of rotatable bonds is 6. The third kappa shape index (κ3) is 4.09. The fourth-order valence-corrected chi connectivity index (χ4v) is 5.57. The van der Waals surface area contributed by atoms with Gasteiger partial charge in [-0.3, -0.25) is 4.79 Å². The summed E-state index contributed by atoms with van der Waals surface area (Å²) in [5, 5.41) is 4.46. The Morgan fingerprint density at radius 3 is 2.48 bits per heavy atom. The second-order valence-electron chi connectivity index (χ2n) is 6.82. The predicted octanol–water partition coefficient (Wildman–Crippen LogP) is 2.55. The van der Waals surface area contributed by atoms with E-state index in [4.69, 9.17) is 4.98 Å². The summed E-state index contributed by atoms with van der Waals surface area (Å²) in [5.74, 6) is 0.522. The highest BCUT2D eigenvalue weighted by molar-refractivity contribution is 7.91. The third-order valence-electron chi connectivity index (χ3n) is 4.74. The molecule has 10 heteroatoms. The van der Waals surface area contributed by atoms with Gasteiger partial charge in [-0.25, -0.2) is 18.4 Å². The van der Waals surface area contributed by atoms with Crippen LogP contribution in [0.15, 0.2) is 46.0 Å². The van der Waals surface area contributed by atoms with Crippen molar-refractivity contribution in [2.24, 2.45) is 0 Å². The fourth-order valence-electron chi connectivity index (χ4n) is 3.25. The van der Waals surface area contributed by atoms with Gasteiger partial charge in [-0.15, -0.1) is 11.3 Å². The fraction of sp³-hybridized carbons (Fsp3) is 0.316. The number of carbonyl (C=O) groups is 1. The van der Waals surface area contributed by atoms with Crippen molar-refractivity contribution in [1.82, 2.24) is 14.3 Å². The van der Waals surface area contributed by atoms with Crippen molar-refractivity contribution in [2.75, 3.05) is 36.9 Å². The lowest BCUT2D eigenvalue weighted by Gasteiger charge is -2.21. The number of fused-ring (bicyclic) bond motifs is 1. The van der Waals surface area contributed by atoms with Gasteiger partial charge in [0.15, 0.2) is 11.6 Å². The summed E-state index contributed by atoms with van der Waals surface area (Å²) < 4.78 is 26.3. The van der Waals surface area contributed by atoms with Crippen LogP contribution in [0, 0.1) is 0 Å². The summed E-state index contributed by atoms with van der Waals surface area (Å²) >= 11 is 1.12. The molecule has 1 aliphatic rings. The number of anilines is 2. The lowest BCUT2D eigenvalue weighted by Crippen LogP contribution is -2.35. The van der Waals surface area contributed by atoms with Crippen LogP contribution in [-0.2, 0) is 14.8 Å². The number of nitrogens with one attached hydrogen (secondary N) is 1. The molecule has 1 saturated heterocycles. The number of carbonyl (C=O) groups excluding carboxylic acids is 1. The third-order valence-corrected chi connectivity index (χ3v) is 7.92. The zero-order valence-corrected chi connectivity index (χ0v) is 17.5. The molecule has 0 bridgehead atoms. The molecule has 3 aromatic rings. The summed E-state index contributed by atoms with van der Waals surface area (Å²) in [6.45, 7) is 1.39. The molecule has 3 heterocycles. The number of nitrogens with zero attached hydrogens (tertiary/aromatic N) is 4. The van der Waals surface area contributed by atoms with Crippen LogP contribution < -0.4 is 10.2 Å². The van der Waals surface area contributed by atoms with E-state index in [1.807, 2.05) is 24.3 Å². The van der Waals surface area contributed by atoms with Crippen LogP contribution in [0.1, 0.15) is 12.8 Å². The van der Waals surface area contributed by atoms with E-state index in [2.05, 4.69) is 15.2 Å². The Labute approximate surface area is 173 Å². The number of hydrogen-bond donors (Lipinski definition) is 1. The molecule has 1 aromatic carbocycles. The molecule has 1 fully saturated rings. The van der Waals surface area contributed by atoms with Crippen LogP contribution in [0.3, 0.4) is 0 Å². The molecule has 0 atom stereocenters. The van der Waals surface area contributed by atoms with E-state index >= 15 is 0 Å². The number of para-hydroxylation sites is 2. The van der Waals surface area contributed by atoms with Gasteiger partial charge in [0.1, 0.15) is 4.21 Å². The Morgan fingerprint density at radius 2 is 1.83 bits per heavy atom. The van der Waals surface area contributed by atoms with Crippen molar-refractivity contribution < 1.29 is 13.2 Å². The SMILES string of the molecule is CN(CC(=O)Nc1nc2ccccc2nc1N1CCCC1)S(=O)(=O)c1cccs1. The quantitative estimate of drug-likeness (QED) is 0.644. The molecule has 0 radical (unpaired) electrons. The molecule has 0 aliphatic carbocycles. The molecule has 152 valence electrons. The maximum absolute atomic E-state index is 12.6. The van der Waals surface area contributed by atoms with E-state index in [0.29, 0.717) is 17.2 Å². The van der Waals surface area contributed by atoms with Crippen molar-refractivity contribution in [2.45, 2.75) is 17.1 Å². The van der Waals surface area contributed by atoms with Gasteiger partial charge in [0.2, 0.25) is 5.91 Å². The van der Waals surface area contributed by atoms with E-state index in [1.165, 1.54) is 13.1 Å². The van der Waals surface area contributed by atoms with Crippen LogP contribution in [0.25, 0.3) is 11.0 Å². The monoisotopic (exact) mass is 431 g/mol. The predicted molar refractivity (Wildman–Crippen MR) is 114 cm³/mol. The normalized spacial score (nSPS) is 14.6. The van der Waals surface area contributed by atoms with Gasteiger partial charge in [0.25, 0.3) is 10.0 Å². The molecule has 1 amide bonds. The number of aromatic nitrogens is 2. The number of benzene rings is 1. The number of likely N-dealkylation sites (N-methyl/N-ethyl adjacent to an activating group) is 1. The minimum Gasteiger partial charge on any atom is -0.354 e. The van der Waals surface area contributed by atoms with Crippen LogP contribution in [0.2, 0.25) is 0 Å². The van der Waals surface area contributed by atoms with E-state index in [-0.39, 0.29) is 10.8 Å². The first-order valence-electron chi connectivity index (χ1n) is 9.26. The van der Waals surface area contributed by atoms with Crippen molar-refractivity contribution in [1.29, 1.82) is 0 Å². The van der Waals surface area contributed by atoms with Gasteiger partial charge in [0, 0.05) is 20.1 Å². The summed E-state index contributed by atoms with van der Waals surface area (Å²) in [6.07, 6.45) is 2.12. The van der Waals surface area contributed by atoms with Gasteiger partial charge >= 0.3 is 0 Å². The maximum atomic E-state index is 12.6. The Balaban J connectivity index is 1.58. The van der Waals surface area contributed by atoms with Gasteiger partial charge < -0.3 is 10.2 Å². The molecule has 0 saturated carbocycles. The van der Waals surface area contributed by atoms with E-state index in [0.717, 1.165) is 47.1 Å². The zero-order chi connectivity index (χ0) is 20.4. The van der Waals surface area contributed by atoms with E-state index in [1.54, 1.807) is 11.4 Å². The number of sulfonamides is 1. The van der Waals surface area contributed by atoms with Crippen LogP contribution in [0.5, 0.6) is 0 Å². The topological polar surface area (TPSA) is 95.5 Å². The lowest BCUT2D eigenvalue weighted by atomic mass is 10.3. The second kappa shape index (κ2) is 8.05. The molecule has 1 N–H and O–H groups in total. The Hall–Kier alpha value is -2.56. The molecule has 0 unspecified atom stereocenters. The first-order chi connectivity index (χ1) is 13.9. The van der Waals surface area contributed by atoms with Crippen molar-refractivity contribution in [3.05, 3.63) is 41.8 Å². The van der Waals surface area contributed by atoms with Gasteiger partial charge in [-0.2, -0.15) is 4.31 Å². The zero-order valence-electron chi connectivity index (χ0n) is 15.9. The number of hydrogen-bond acceptors (Lipinski definition) is 7. The summed E-state index contributed by atoms with van der Waals surface area (Å²) in [4.78, 5) is 24.0. The van der Waals surface area contributed by atoms with Gasteiger partial charge in [-0.05, 0) is 36.4 Å². The second-order valence-corrected chi connectivity index (χ2v) is 10.0. The largest absolute Gasteiger partial charge is 0.354 e. The standard InChI is InChI=1S/C19H21N5O3S2/c1-23(29(26,27)17-9-6-12-28-17)13-16(25)22-18-19(24-10-4-5-11-24)21-15-8-3-2-7-14(15)20-18/h2-3,6-9,12H,4-5,10-11,13H2,1H3,(H,20,22,25). The minimum atomic E-state index is -3.70. The van der Waals surface area contributed by atoms with Crippen LogP contribution in [0.4, 0.5) is 11.6 Å². The summed E-state index contributed by atoms with van der Waals surface area (Å²) in [6, 6.07) is 10.7. The van der Waals surface area contributed by atoms with E-state index < -0.39 is 15.9 Å². The molecule has 2 aromatic heterocycles. The summed E-state index contributed by atoms with van der Waals surface area (Å²) in [5.41, 5.74) is 1.43. The maximum Gasteiger partial charge on any atom is 0.252 e. The van der Waals surface area contributed by atoms with Crippen LogP contribution in [-0.4, -0.2) is 55.3 Å². The molecular weight excluding hydrogens is 410 g/mol. The lowest BCUT2D eigenvalue weighted by molar-refractivity contribution is -0.116. The van der Waals surface area contributed by atoms with Crippen molar-refractivity contribution in [3.63, 3.8) is 0 Å². The Kier molecular flexibility index (Phi) is 5.48. The first kappa shape index (κ1) is 19.7. The Morgan fingerprint density at radius 1 is 1.14 bits per heavy atom. The highest BCUT2D eigenvalue weighted by Gasteiger charge is 2.25. The van der Waals surface area contributed by atoms with E-state index in [9.17, 15) is 13.2 Å². The molecular formula is C19H21N5O3S2. The molecule has 4 rings (SSSR count). The molecule has 29 heavy (non-hydrogen) atoms. The highest BCUT2D eigenvalue weighted by atomic mass is 32.2. The first-order valence-corrected chi connectivity index (χ1v) is 11.6. The highest BCUT2D eigenvalue weighted by Crippen LogP contribution is 2.28. The number of thiophene rings is 1. The minimum absolute atomic E-state index is 0.205. The van der Waals surface area contributed by atoms with Gasteiger partial charge in [0.05, 0.1) is 17.6 Å². The molecule has 1 aliphatic heterocycles. The van der Waals surface area contributed by atoms with Crippen LogP contribution >= 0.6 is 11.3 Å². The Bertz CT molecular complexity index is 1130. The molecule has 0 spiro atoms. The number of amides is 1. The van der Waals surface area contributed by atoms with Crippen molar-refractivity contribution >= 4 is 49.9 Å². The molecule has 8 nitrogen and oxygen atoms in total. The summed E-state index contributed by atoms with van der Waals surface area (Å²) in [7, 11) is -2.31. The van der Waals surface area contributed by atoms with Gasteiger partial charge in [-0.1, -0.05) is 18.2 Å². The van der Waals surface area contributed by atoms with Crippen molar-refractivity contribution in [3.8, 4) is 0 Å². The average molecular weight is 432 g/mol. The smallest absolute Gasteiger partial charge is 0.252 e. The average Bonchev–Trinajstić information content (AvgIpc) is 3.41.